The summed E-state index contributed by atoms with van der Waals surface area (Å²) in [6.07, 6.45) is 0. The standard InChI is InChI=1S/C20H30N6O4S/c1-10(13(27)22-17(29)24-20(5,6)7)31-14-11-12(21-16(23-14)19(2,3)4)25(8)18(30)26(9)15(11)28/h10H,1-9H3,(H2,22,24,27,29). The first-order chi connectivity index (χ1) is 14.0. The number of imide groups is 1. The van der Waals surface area contributed by atoms with Crippen molar-refractivity contribution in [1.82, 2.24) is 29.7 Å². The van der Waals surface area contributed by atoms with E-state index in [0.717, 1.165) is 16.3 Å². The Morgan fingerprint density at radius 1 is 1.00 bits per heavy atom. The third-order valence-corrected chi connectivity index (χ3v) is 5.41. The fourth-order valence-corrected chi connectivity index (χ4v) is 3.59. The maximum Gasteiger partial charge on any atom is 0.332 e. The summed E-state index contributed by atoms with van der Waals surface area (Å²) < 4.78 is 2.27. The predicted molar refractivity (Wildman–Crippen MR) is 120 cm³/mol. The fraction of sp³-hybridized carbons (Fsp3) is 0.600. The average molecular weight is 451 g/mol. The Bertz CT molecular complexity index is 1150. The van der Waals surface area contributed by atoms with Crippen LogP contribution >= 0.6 is 11.8 Å². The molecular formula is C20H30N6O4S. The van der Waals surface area contributed by atoms with E-state index < -0.39 is 39.4 Å². The van der Waals surface area contributed by atoms with Gasteiger partial charge in [-0.2, -0.15) is 0 Å². The first-order valence-corrected chi connectivity index (χ1v) is 10.7. The van der Waals surface area contributed by atoms with E-state index in [1.54, 1.807) is 27.7 Å². The lowest BCUT2D eigenvalue weighted by Gasteiger charge is -2.22. The highest BCUT2D eigenvalue weighted by Gasteiger charge is 2.27. The molecule has 0 saturated carbocycles. The van der Waals surface area contributed by atoms with Crippen molar-refractivity contribution in [2.45, 2.75) is 69.7 Å². The van der Waals surface area contributed by atoms with Gasteiger partial charge in [-0.3, -0.25) is 24.0 Å². The number of aryl methyl sites for hydroxylation is 1. The number of carbonyl (C=O) groups excluding carboxylic acids is 2. The molecule has 2 aromatic rings. The van der Waals surface area contributed by atoms with Crippen LogP contribution in [0.5, 0.6) is 0 Å². The summed E-state index contributed by atoms with van der Waals surface area (Å²) in [4.78, 5) is 58.9. The van der Waals surface area contributed by atoms with Crippen LogP contribution < -0.4 is 21.9 Å². The highest BCUT2D eigenvalue weighted by atomic mass is 32.2. The molecule has 2 heterocycles. The Labute approximate surface area is 184 Å². The van der Waals surface area contributed by atoms with Gasteiger partial charge in [0.2, 0.25) is 5.91 Å². The summed E-state index contributed by atoms with van der Waals surface area (Å²) in [5, 5.41) is 4.66. The quantitative estimate of drug-likeness (QED) is 0.535. The van der Waals surface area contributed by atoms with Gasteiger partial charge >= 0.3 is 11.7 Å². The molecule has 0 aromatic carbocycles. The molecule has 0 bridgehead atoms. The van der Waals surface area contributed by atoms with E-state index >= 15 is 0 Å². The minimum Gasteiger partial charge on any atom is -0.333 e. The molecule has 31 heavy (non-hydrogen) atoms. The summed E-state index contributed by atoms with van der Waals surface area (Å²) in [5.41, 5.74) is -1.80. The number of nitrogens with zero attached hydrogens (tertiary/aromatic N) is 4. The number of rotatable bonds is 3. The predicted octanol–water partition coefficient (Wildman–Crippen LogP) is 1.43. The number of aromatic nitrogens is 4. The van der Waals surface area contributed by atoms with Crippen molar-refractivity contribution in [3.05, 3.63) is 26.7 Å². The summed E-state index contributed by atoms with van der Waals surface area (Å²) in [6, 6.07) is -0.605. The largest absolute Gasteiger partial charge is 0.333 e. The van der Waals surface area contributed by atoms with Crippen LogP contribution in [0.25, 0.3) is 11.0 Å². The minimum atomic E-state index is -0.737. The molecule has 1 unspecified atom stereocenters. The van der Waals surface area contributed by atoms with Gasteiger partial charge in [-0.25, -0.2) is 19.6 Å². The van der Waals surface area contributed by atoms with Crippen LogP contribution in [0.2, 0.25) is 0 Å². The Morgan fingerprint density at radius 3 is 2.10 bits per heavy atom. The summed E-state index contributed by atoms with van der Waals surface area (Å²) >= 11 is 1.04. The van der Waals surface area contributed by atoms with Crippen LogP contribution in [0, 0.1) is 0 Å². The van der Waals surface area contributed by atoms with E-state index in [1.165, 1.54) is 18.7 Å². The van der Waals surface area contributed by atoms with Crippen LogP contribution in [-0.2, 0) is 24.3 Å². The van der Waals surface area contributed by atoms with E-state index in [9.17, 15) is 19.2 Å². The van der Waals surface area contributed by atoms with E-state index in [1.807, 2.05) is 20.8 Å². The van der Waals surface area contributed by atoms with Crippen LogP contribution in [-0.4, -0.2) is 41.8 Å². The summed E-state index contributed by atoms with van der Waals surface area (Å²) in [7, 11) is 2.91. The third-order valence-electron chi connectivity index (χ3n) is 4.32. The minimum absolute atomic E-state index is 0.154. The van der Waals surface area contributed by atoms with E-state index in [2.05, 4.69) is 20.6 Å². The van der Waals surface area contributed by atoms with Crippen molar-refractivity contribution in [1.29, 1.82) is 0 Å². The van der Waals surface area contributed by atoms with Crippen LogP contribution in [0.4, 0.5) is 4.79 Å². The molecule has 0 spiro atoms. The molecule has 0 fully saturated rings. The maximum atomic E-state index is 12.9. The number of urea groups is 1. The Kier molecular flexibility index (Phi) is 6.70. The molecule has 0 aliphatic carbocycles. The van der Waals surface area contributed by atoms with Crippen LogP contribution in [0.15, 0.2) is 14.6 Å². The lowest BCUT2D eigenvalue weighted by atomic mass is 9.96. The van der Waals surface area contributed by atoms with Gasteiger partial charge in [-0.05, 0) is 27.7 Å². The zero-order chi connectivity index (χ0) is 23.9. The molecule has 0 aliphatic heterocycles. The molecule has 0 radical (unpaired) electrons. The van der Waals surface area contributed by atoms with Gasteiger partial charge < -0.3 is 5.32 Å². The fourth-order valence-electron chi connectivity index (χ4n) is 2.66. The Balaban J connectivity index is 2.53. The average Bonchev–Trinajstić information content (AvgIpc) is 2.61. The number of carbonyl (C=O) groups is 2. The lowest BCUT2D eigenvalue weighted by molar-refractivity contribution is -0.119. The molecule has 0 saturated heterocycles. The van der Waals surface area contributed by atoms with Gasteiger partial charge in [0, 0.05) is 25.0 Å². The number of nitrogens with one attached hydrogen (secondary N) is 2. The molecule has 170 valence electrons. The monoisotopic (exact) mass is 450 g/mol. The van der Waals surface area contributed by atoms with Crippen molar-refractivity contribution in [2.24, 2.45) is 14.1 Å². The maximum absolute atomic E-state index is 12.9. The molecule has 2 N–H and O–H groups in total. The van der Waals surface area contributed by atoms with Gasteiger partial charge in [0.15, 0.2) is 5.65 Å². The van der Waals surface area contributed by atoms with Gasteiger partial charge in [-0.15, -0.1) is 0 Å². The van der Waals surface area contributed by atoms with Crippen molar-refractivity contribution in [3.63, 3.8) is 0 Å². The van der Waals surface area contributed by atoms with E-state index in [4.69, 9.17) is 0 Å². The molecule has 10 nitrogen and oxygen atoms in total. The third kappa shape index (κ3) is 5.52. The summed E-state index contributed by atoms with van der Waals surface area (Å²) in [5.74, 6) is -0.0960. The molecule has 3 amide bonds. The second kappa shape index (κ2) is 8.45. The van der Waals surface area contributed by atoms with Crippen molar-refractivity contribution >= 4 is 34.7 Å². The Hall–Kier alpha value is -2.69. The molecule has 2 rings (SSSR count). The number of hydrogen-bond donors (Lipinski definition) is 2. The van der Waals surface area contributed by atoms with Crippen molar-refractivity contribution in [3.8, 4) is 0 Å². The number of hydrogen-bond acceptors (Lipinski definition) is 7. The molecular weight excluding hydrogens is 420 g/mol. The zero-order valence-electron chi connectivity index (χ0n) is 19.4. The van der Waals surface area contributed by atoms with Crippen LogP contribution in [0.3, 0.4) is 0 Å². The summed E-state index contributed by atoms with van der Waals surface area (Å²) in [6.45, 7) is 12.8. The SMILES string of the molecule is CC(Sc1nc(C(C)(C)C)nc2c1c(=O)n(C)c(=O)n2C)C(=O)NC(=O)NC(C)(C)C. The van der Waals surface area contributed by atoms with Gasteiger partial charge in [0.25, 0.3) is 5.56 Å². The van der Waals surface area contributed by atoms with Crippen LogP contribution in [0.1, 0.15) is 54.3 Å². The first-order valence-electron chi connectivity index (χ1n) is 9.81. The second-order valence-corrected chi connectivity index (χ2v) is 10.8. The zero-order valence-corrected chi connectivity index (χ0v) is 20.2. The first kappa shape index (κ1) is 24.6. The highest BCUT2D eigenvalue weighted by Crippen LogP contribution is 2.29. The smallest absolute Gasteiger partial charge is 0.332 e. The van der Waals surface area contributed by atoms with E-state index in [-0.39, 0.29) is 16.1 Å². The number of amides is 3. The van der Waals surface area contributed by atoms with Crippen molar-refractivity contribution in [2.75, 3.05) is 0 Å². The van der Waals surface area contributed by atoms with Gasteiger partial charge in [-0.1, -0.05) is 32.5 Å². The molecule has 11 heteroatoms. The second-order valence-electron chi connectivity index (χ2n) is 9.46. The van der Waals surface area contributed by atoms with Gasteiger partial charge in [0.05, 0.1) is 5.25 Å². The normalized spacial score (nSPS) is 13.2. The number of fused-ring (bicyclic) bond motifs is 1. The molecule has 1 atom stereocenters. The van der Waals surface area contributed by atoms with Crippen molar-refractivity contribution < 1.29 is 9.59 Å². The topological polar surface area (TPSA) is 128 Å². The molecule has 0 aliphatic rings. The van der Waals surface area contributed by atoms with E-state index in [0.29, 0.717) is 5.82 Å². The number of thioether (sulfide) groups is 1. The Morgan fingerprint density at radius 2 is 1.58 bits per heavy atom. The lowest BCUT2D eigenvalue weighted by Crippen LogP contribution is -2.49. The van der Waals surface area contributed by atoms with Gasteiger partial charge in [0.1, 0.15) is 16.2 Å². The highest BCUT2D eigenvalue weighted by molar-refractivity contribution is 8.00. The molecule has 2 aromatic heterocycles.